The van der Waals surface area contributed by atoms with Gasteiger partial charge in [-0.05, 0) is 37.7 Å². The molecule has 1 aliphatic heterocycles. The largest absolute Gasteiger partial charge is 0.381 e. The second-order valence-electron chi connectivity index (χ2n) is 7.18. The van der Waals surface area contributed by atoms with Crippen molar-refractivity contribution in [2.24, 2.45) is 10.9 Å². The lowest BCUT2D eigenvalue weighted by atomic mass is 10.0. The van der Waals surface area contributed by atoms with Crippen molar-refractivity contribution >= 4 is 35.8 Å². The van der Waals surface area contributed by atoms with Gasteiger partial charge in [0.25, 0.3) is 0 Å². The Balaban J connectivity index is 0.00000450. The number of amides is 1. The fraction of sp³-hybridized carbons (Fsp3) is 0.636. The summed E-state index contributed by atoms with van der Waals surface area (Å²) in [5, 5.41) is 9.36. The summed E-state index contributed by atoms with van der Waals surface area (Å²) in [5.41, 5.74) is 1.10. The first-order valence-corrected chi connectivity index (χ1v) is 10.8. The average molecular weight is 532 g/mol. The number of carbonyl (C=O) groups is 1. The van der Waals surface area contributed by atoms with Gasteiger partial charge in [-0.1, -0.05) is 30.3 Å². The summed E-state index contributed by atoms with van der Waals surface area (Å²) in [4.78, 5) is 16.5. The van der Waals surface area contributed by atoms with E-state index < -0.39 is 0 Å². The summed E-state index contributed by atoms with van der Waals surface area (Å²) in [5.74, 6) is 1.41. The van der Waals surface area contributed by atoms with Crippen molar-refractivity contribution in [3.05, 3.63) is 35.9 Å². The van der Waals surface area contributed by atoms with Gasteiger partial charge in [0.15, 0.2) is 5.96 Å². The number of guanidine groups is 1. The molecule has 2 rings (SSSR count). The molecule has 1 aliphatic rings. The Morgan fingerprint density at radius 3 is 2.67 bits per heavy atom. The van der Waals surface area contributed by atoms with Gasteiger partial charge >= 0.3 is 0 Å². The molecule has 1 fully saturated rings. The molecule has 8 heteroatoms. The molecule has 1 amide bonds. The zero-order chi connectivity index (χ0) is 20.6. The predicted molar refractivity (Wildman–Crippen MR) is 131 cm³/mol. The first kappa shape index (κ1) is 26.6. The van der Waals surface area contributed by atoms with Gasteiger partial charge < -0.3 is 25.4 Å². The highest BCUT2D eigenvalue weighted by molar-refractivity contribution is 14.0. The number of hydrogen-bond donors (Lipinski definition) is 3. The Morgan fingerprint density at radius 2 is 1.93 bits per heavy atom. The number of halogens is 1. The first-order valence-electron chi connectivity index (χ1n) is 10.8. The van der Waals surface area contributed by atoms with E-state index in [9.17, 15) is 4.79 Å². The molecule has 1 saturated heterocycles. The lowest BCUT2D eigenvalue weighted by Gasteiger charge is -2.21. The molecule has 0 aromatic heterocycles. The fourth-order valence-electron chi connectivity index (χ4n) is 3.04. The van der Waals surface area contributed by atoms with Crippen LogP contribution in [0.25, 0.3) is 0 Å². The number of nitrogens with one attached hydrogen (secondary N) is 3. The number of ether oxygens (including phenoxy) is 2. The molecule has 0 atom stereocenters. The Labute approximate surface area is 197 Å². The van der Waals surface area contributed by atoms with Crippen LogP contribution in [0.2, 0.25) is 0 Å². The molecule has 1 aromatic rings. The zero-order valence-corrected chi connectivity index (χ0v) is 20.4. The Bertz CT molecular complexity index is 595. The Kier molecular flexibility index (Phi) is 15.4. The Hall–Kier alpha value is -1.39. The summed E-state index contributed by atoms with van der Waals surface area (Å²) in [6.45, 7) is 7.89. The summed E-state index contributed by atoms with van der Waals surface area (Å²) in [6.07, 6.45) is 3.50. The third kappa shape index (κ3) is 12.3. The van der Waals surface area contributed by atoms with Gasteiger partial charge in [0.05, 0.1) is 0 Å². The fourth-order valence-corrected chi connectivity index (χ4v) is 3.04. The summed E-state index contributed by atoms with van der Waals surface area (Å²) < 4.78 is 11.1. The van der Waals surface area contributed by atoms with Crippen molar-refractivity contribution < 1.29 is 14.3 Å². The number of aliphatic imine (C=N–C) groups is 1. The quantitative estimate of drug-likeness (QED) is 0.167. The van der Waals surface area contributed by atoms with Crippen LogP contribution in [-0.2, 0) is 20.8 Å². The smallest absolute Gasteiger partial charge is 0.222 e. The van der Waals surface area contributed by atoms with Gasteiger partial charge in [-0.3, -0.25) is 9.79 Å². The third-order valence-corrected chi connectivity index (χ3v) is 4.73. The first-order chi connectivity index (χ1) is 14.3. The summed E-state index contributed by atoms with van der Waals surface area (Å²) in [7, 11) is 0. The van der Waals surface area contributed by atoms with Crippen LogP contribution in [0, 0.1) is 5.92 Å². The lowest BCUT2D eigenvalue weighted by molar-refractivity contribution is -0.121. The summed E-state index contributed by atoms with van der Waals surface area (Å²) in [6, 6.07) is 9.91. The maximum Gasteiger partial charge on any atom is 0.222 e. The van der Waals surface area contributed by atoms with Crippen molar-refractivity contribution in [1.82, 2.24) is 16.0 Å². The van der Waals surface area contributed by atoms with Gasteiger partial charge in [0.2, 0.25) is 5.91 Å². The van der Waals surface area contributed by atoms with Gasteiger partial charge in [0, 0.05) is 59.0 Å². The average Bonchev–Trinajstić information content (AvgIpc) is 2.76. The van der Waals surface area contributed by atoms with Crippen molar-refractivity contribution in [1.29, 1.82) is 0 Å². The SMILES string of the molecule is CCNC(=NCCCOCC1CCOCC1)NCCC(=O)NCc1ccccc1.I. The number of carbonyl (C=O) groups excluding carboxylic acids is 1. The van der Waals surface area contributed by atoms with E-state index in [1.54, 1.807) is 0 Å². The minimum Gasteiger partial charge on any atom is -0.381 e. The topological polar surface area (TPSA) is 84.0 Å². The van der Waals surface area contributed by atoms with E-state index in [1.165, 1.54) is 0 Å². The maximum absolute atomic E-state index is 12.0. The van der Waals surface area contributed by atoms with Gasteiger partial charge in [-0.2, -0.15) is 0 Å². The van der Waals surface area contributed by atoms with Crippen LogP contribution < -0.4 is 16.0 Å². The minimum atomic E-state index is 0. The van der Waals surface area contributed by atoms with E-state index in [4.69, 9.17) is 9.47 Å². The second-order valence-corrected chi connectivity index (χ2v) is 7.18. The monoisotopic (exact) mass is 532 g/mol. The molecule has 30 heavy (non-hydrogen) atoms. The van der Waals surface area contributed by atoms with Gasteiger partial charge in [-0.25, -0.2) is 0 Å². The van der Waals surface area contributed by atoms with E-state index in [0.29, 0.717) is 32.0 Å². The molecule has 0 unspecified atom stereocenters. The predicted octanol–water partition coefficient (Wildman–Crippen LogP) is 2.70. The maximum atomic E-state index is 12.0. The van der Waals surface area contributed by atoms with E-state index >= 15 is 0 Å². The second kappa shape index (κ2) is 17.3. The third-order valence-electron chi connectivity index (χ3n) is 4.73. The molecular formula is C22H37IN4O3. The van der Waals surface area contributed by atoms with Crippen LogP contribution in [0.4, 0.5) is 0 Å². The standard InChI is InChI=1S/C22H36N4O3.HI/c1-2-23-22(24-12-6-14-29-18-20-10-15-28-16-11-20)25-13-9-21(27)26-17-19-7-4-3-5-8-19;/h3-5,7-8,20H,2,6,9-18H2,1H3,(H,26,27)(H2,23,24,25);1H. The lowest BCUT2D eigenvalue weighted by Crippen LogP contribution is -2.39. The highest BCUT2D eigenvalue weighted by Gasteiger charge is 2.13. The highest BCUT2D eigenvalue weighted by atomic mass is 127. The van der Waals surface area contributed by atoms with Crippen LogP contribution in [0.1, 0.15) is 38.2 Å². The number of hydrogen-bond acceptors (Lipinski definition) is 4. The van der Waals surface area contributed by atoms with E-state index in [1.807, 2.05) is 37.3 Å². The molecule has 0 spiro atoms. The number of benzene rings is 1. The van der Waals surface area contributed by atoms with Gasteiger partial charge in [-0.15, -0.1) is 24.0 Å². The van der Waals surface area contributed by atoms with Crippen molar-refractivity contribution in [2.45, 2.75) is 39.2 Å². The summed E-state index contributed by atoms with van der Waals surface area (Å²) >= 11 is 0. The molecule has 0 saturated carbocycles. The molecule has 170 valence electrons. The van der Waals surface area contributed by atoms with Gasteiger partial charge in [0.1, 0.15) is 0 Å². The normalized spacial score (nSPS) is 14.6. The van der Waals surface area contributed by atoms with E-state index in [0.717, 1.165) is 63.8 Å². The molecule has 3 N–H and O–H groups in total. The Morgan fingerprint density at radius 1 is 1.17 bits per heavy atom. The number of rotatable bonds is 12. The van der Waals surface area contributed by atoms with Crippen LogP contribution >= 0.6 is 24.0 Å². The van der Waals surface area contributed by atoms with Crippen LogP contribution in [-0.4, -0.2) is 57.9 Å². The zero-order valence-electron chi connectivity index (χ0n) is 18.0. The molecule has 1 aromatic carbocycles. The van der Waals surface area contributed by atoms with E-state index in [2.05, 4.69) is 20.9 Å². The van der Waals surface area contributed by atoms with Crippen molar-refractivity contribution in [2.75, 3.05) is 46.1 Å². The molecule has 0 radical (unpaired) electrons. The minimum absolute atomic E-state index is 0. The van der Waals surface area contributed by atoms with Crippen LogP contribution in [0.3, 0.4) is 0 Å². The molecule has 1 heterocycles. The van der Waals surface area contributed by atoms with Crippen molar-refractivity contribution in [3.63, 3.8) is 0 Å². The van der Waals surface area contributed by atoms with E-state index in [-0.39, 0.29) is 29.9 Å². The van der Waals surface area contributed by atoms with Crippen LogP contribution in [0.15, 0.2) is 35.3 Å². The van der Waals surface area contributed by atoms with Crippen LogP contribution in [0.5, 0.6) is 0 Å². The molecule has 0 bridgehead atoms. The molecular weight excluding hydrogens is 495 g/mol. The highest BCUT2D eigenvalue weighted by Crippen LogP contribution is 2.14. The molecule has 7 nitrogen and oxygen atoms in total. The molecule has 0 aliphatic carbocycles. The van der Waals surface area contributed by atoms with Crippen molar-refractivity contribution in [3.8, 4) is 0 Å². The number of nitrogens with zero attached hydrogens (tertiary/aromatic N) is 1.